The third-order valence-electron chi connectivity index (χ3n) is 3.31. The molecule has 0 unspecified atom stereocenters. The highest BCUT2D eigenvalue weighted by molar-refractivity contribution is 7.99. The molecule has 1 N–H and O–H groups in total. The van der Waals surface area contributed by atoms with Gasteiger partial charge in [0.1, 0.15) is 11.6 Å². The van der Waals surface area contributed by atoms with E-state index in [9.17, 15) is 9.18 Å². The largest absolute Gasteiger partial charge is 0.484 e. The minimum atomic E-state index is -0.347. The maximum Gasteiger partial charge on any atom is 0.262 e. The molecule has 5 nitrogen and oxygen atoms in total. The van der Waals surface area contributed by atoms with Crippen molar-refractivity contribution in [2.45, 2.75) is 10.1 Å². The fourth-order valence-corrected chi connectivity index (χ4v) is 2.84. The van der Waals surface area contributed by atoms with Crippen molar-refractivity contribution < 1.29 is 13.9 Å². The Balaban J connectivity index is 1.51. The molecule has 0 atom stereocenters. The highest BCUT2D eigenvalue weighted by atomic mass is 32.2. The predicted octanol–water partition coefficient (Wildman–Crippen LogP) is 3.73. The molecule has 1 aromatic heterocycles. The van der Waals surface area contributed by atoms with Crippen LogP contribution in [-0.4, -0.2) is 22.1 Å². The Morgan fingerprint density at radius 2 is 1.92 bits per heavy atom. The van der Waals surface area contributed by atoms with Crippen molar-refractivity contribution in [2.75, 3.05) is 11.9 Å². The molecule has 2 aromatic carbocycles. The molecule has 0 aliphatic rings. The number of amides is 1. The molecule has 128 valence electrons. The second-order valence-corrected chi connectivity index (χ2v) is 6.28. The van der Waals surface area contributed by atoms with Crippen molar-refractivity contribution in [2.24, 2.45) is 7.05 Å². The molecule has 0 fully saturated rings. The predicted molar refractivity (Wildman–Crippen MR) is 94.3 cm³/mol. The van der Waals surface area contributed by atoms with Gasteiger partial charge in [-0.2, -0.15) is 0 Å². The first-order valence-corrected chi connectivity index (χ1v) is 8.35. The first-order valence-electron chi connectivity index (χ1n) is 7.53. The molecular formula is C18H16FN3O2S. The number of aryl methyl sites for hydroxylation is 1. The Morgan fingerprint density at radius 3 is 2.56 bits per heavy atom. The maximum atomic E-state index is 12.8. The highest BCUT2D eigenvalue weighted by Gasteiger charge is 2.06. The van der Waals surface area contributed by atoms with Crippen molar-refractivity contribution in [1.82, 2.24) is 9.55 Å². The molecule has 3 rings (SSSR count). The summed E-state index contributed by atoms with van der Waals surface area (Å²) in [5, 5.41) is 3.65. The van der Waals surface area contributed by atoms with Crippen LogP contribution < -0.4 is 10.1 Å². The lowest BCUT2D eigenvalue weighted by Crippen LogP contribution is -2.20. The molecule has 25 heavy (non-hydrogen) atoms. The standard InChI is InChI=1S/C18H16FN3O2S/c1-22-11-10-20-18(22)25-16-8-4-14(5-9-16)21-17(23)12-24-15-6-2-13(19)3-7-15/h2-11H,12H2,1H3,(H,21,23). The quantitative estimate of drug-likeness (QED) is 0.730. The number of hydrogen-bond acceptors (Lipinski definition) is 4. The number of ether oxygens (including phenoxy) is 1. The molecule has 1 heterocycles. The summed E-state index contributed by atoms with van der Waals surface area (Å²) < 4.78 is 20.1. The molecule has 0 saturated heterocycles. The number of carbonyl (C=O) groups excluding carboxylic acids is 1. The van der Waals surface area contributed by atoms with Crippen molar-refractivity contribution in [3.8, 4) is 5.75 Å². The van der Waals surface area contributed by atoms with Gasteiger partial charge in [-0.05, 0) is 48.5 Å². The first-order chi connectivity index (χ1) is 12.1. The summed E-state index contributed by atoms with van der Waals surface area (Å²) in [6.07, 6.45) is 3.64. The zero-order valence-electron chi connectivity index (χ0n) is 13.5. The summed E-state index contributed by atoms with van der Waals surface area (Å²) in [7, 11) is 1.94. The number of nitrogens with one attached hydrogen (secondary N) is 1. The molecule has 0 radical (unpaired) electrons. The van der Waals surface area contributed by atoms with E-state index in [1.165, 1.54) is 24.3 Å². The molecule has 7 heteroatoms. The summed E-state index contributed by atoms with van der Waals surface area (Å²) >= 11 is 1.54. The molecule has 0 aliphatic heterocycles. The summed E-state index contributed by atoms with van der Waals surface area (Å²) in [6.45, 7) is -0.143. The number of benzene rings is 2. The first kappa shape index (κ1) is 17.0. The highest BCUT2D eigenvalue weighted by Crippen LogP contribution is 2.26. The second kappa shape index (κ2) is 7.85. The van der Waals surface area contributed by atoms with Crippen LogP contribution in [0.15, 0.2) is 71.0 Å². The van der Waals surface area contributed by atoms with Crippen LogP contribution in [0.2, 0.25) is 0 Å². The number of carbonyl (C=O) groups is 1. The normalized spacial score (nSPS) is 10.5. The van der Waals surface area contributed by atoms with E-state index < -0.39 is 0 Å². The van der Waals surface area contributed by atoms with Crippen LogP contribution in [0.4, 0.5) is 10.1 Å². The molecule has 3 aromatic rings. The van der Waals surface area contributed by atoms with Crippen LogP contribution in [-0.2, 0) is 11.8 Å². The Hall–Kier alpha value is -2.80. The van der Waals surface area contributed by atoms with Gasteiger partial charge in [-0.3, -0.25) is 4.79 Å². The third-order valence-corrected chi connectivity index (χ3v) is 4.39. The fourth-order valence-electron chi connectivity index (χ4n) is 2.04. The molecule has 0 saturated carbocycles. The smallest absolute Gasteiger partial charge is 0.262 e. The fraction of sp³-hybridized carbons (Fsp3) is 0.111. The Morgan fingerprint density at radius 1 is 1.20 bits per heavy atom. The van der Waals surface area contributed by atoms with Gasteiger partial charge in [0.15, 0.2) is 11.8 Å². The van der Waals surface area contributed by atoms with Crippen LogP contribution in [0.3, 0.4) is 0 Å². The van der Waals surface area contributed by atoms with E-state index >= 15 is 0 Å². The number of anilines is 1. The average molecular weight is 357 g/mol. The third kappa shape index (κ3) is 4.84. The van der Waals surface area contributed by atoms with E-state index in [2.05, 4.69) is 10.3 Å². The summed E-state index contributed by atoms with van der Waals surface area (Å²) in [5.74, 6) is -0.188. The number of rotatable bonds is 6. The maximum absolute atomic E-state index is 12.8. The van der Waals surface area contributed by atoms with E-state index in [-0.39, 0.29) is 18.3 Å². The number of imidazole rings is 1. The molecular weight excluding hydrogens is 341 g/mol. The molecule has 1 amide bonds. The second-order valence-electron chi connectivity index (χ2n) is 5.24. The summed E-state index contributed by atoms with van der Waals surface area (Å²) in [6, 6.07) is 13.0. The topological polar surface area (TPSA) is 56.2 Å². The summed E-state index contributed by atoms with van der Waals surface area (Å²) in [4.78, 5) is 17.2. The van der Waals surface area contributed by atoms with Gasteiger partial charge in [-0.15, -0.1) is 0 Å². The SMILES string of the molecule is Cn1ccnc1Sc1ccc(NC(=O)COc2ccc(F)cc2)cc1. The van der Waals surface area contributed by atoms with Gasteiger partial charge in [0, 0.05) is 30.0 Å². The average Bonchev–Trinajstić information content (AvgIpc) is 3.01. The van der Waals surface area contributed by atoms with Gasteiger partial charge in [-0.1, -0.05) is 11.8 Å². The van der Waals surface area contributed by atoms with Crippen molar-refractivity contribution >= 4 is 23.4 Å². The lowest BCUT2D eigenvalue weighted by Gasteiger charge is -2.08. The van der Waals surface area contributed by atoms with Crippen LogP contribution in [0, 0.1) is 5.82 Å². The van der Waals surface area contributed by atoms with Crippen LogP contribution in [0.5, 0.6) is 5.75 Å². The van der Waals surface area contributed by atoms with E-state index in [0.29, 0.717) is 11.4 Å². The number of nitrogens with zero attached hydrogens (tertiary/aromatic N) is 2. The van der Waals surface area contributed by atoms with Gasteiger partial charge < -0.3 is 14.6 Å². The lowest BCUT2D eigenvalue weighted by molar-refractivity contribution is -0.118. The monoisotopic (exact) mass is 357 g/mol. The van der Waals surface area contributed by atoms with Gasteiger partial charge in [-0.25, -0.2) is 9.37 Å². The zero-order chi connectivity index (χ0) is 17.6. The number of halogens is 1. The van der Waals surface area contributed by atoms with E-state index in [1.807, 2.05) is 42.1 Å². The Kier molecular flexibility index (Phi) is 5.35. The van der Waals surface area contributed by atoms with Crippen LogP contribution in [0.1, 0.15) is 0 Å². The van der Waals surface area contributed by atoms with E-state index in [1.54, 1.807) is 18.0 Å². The van der Waals surface area contributed by atoms with Gasteiger partial charge in [0.05, 0.1) is 0 Å². The molecule has 0 aliphatic carbocycles. The molecule has 0 spiro atoms. The molecule has 0 bridgehead atoms. The van der Waals surface area contributed by atoms with Crippen molar-refractivity contribution in [3.05, 3.63) is 66.7 Å². The minimum Gasteiger partial charge on any atom is -0.484 e. The Bertz CT molecular complexity index is 848. The van der Waals surface area contributed by atoms with Crippen LogP contribution in [0.25, 0.3) is 0 Å². The van der Waals surface area contributed by atoms with Crippen molar-refractivity contribution in [1.29, 1.82) is 0 Å². The Labute approximate surface area is 148 Å². The van der Waals surface area contributed by atoms with E-state index in [4.69, 9.17) is 4.74 Å². The van der Waals surface area contributed by atoms with E-state index in [0.717, 1.165) is 10.1 Å². The number of aromatic nitrogens is 2. The lowest BCUT2D eigenvalue weighted by atomic mass is 10.3. The van der Waals surface area contributed by atoms with Crippen LogP contribution >= 0.6 is 11.8 Å². The van der Waals surface area contributed by atoms with Gasteiger partial charge >= 0.3 is 0 Å². The number of hydrogen-bond donors (Lipinski definition) is 1. The van der Waals surface area contributed by atoms with Gasteiger partial charge in [0.25, 0.3) is 5.91 Å². The van der Waals surface area contributed by atoms with Crippen molar-refractivity contribution in [3.63, 3.8) is 0 Å². The minimum absolute atomic E-state index is 0.143. The van der Waals surface area contributed by atoms with Gasteiger partial charge in [0.2, 0.25) is 0 Å². The summed E-state index contributed by atoms with van der Waals surface area (Å²) in [5.41, 5.74) is 0.678. The zero-order valence-corrected chi connectivity index (χ0v) is 14.3.